The maximum atomic E-state index is 13.8. The van der Waals surface area contributed by atoms with E-state index in [9.17, 15) is 9.18 Å². The summed E-state index contributed by atoms with van der Waals surface area (Å²) in [4.78, 5) is 12.7. The third-order valence-electron chi connectivity index (χ3n) is 3.03. The van der Waals surface area contributed by atoms with Crippen LogP contribution in [0.1, 0.15) is 38.8 Å². The Morgan fingerprint density at radius 3 is 2.44 bits per heavy atom. The van der Waals surface area contributed by atoms with Crippen LogP contribution in [0.2, 0.25) is 0 Å². The number of carbonyl (C=O) groups is 1. The SMILES string of the molecule is CCC(c1ccccc1F)N(CC(=O)O)C(C)C. The van der Waals surface area contributed by atoms with Crippen molar-refractivity contribution in [3.05, 3.63) is 35.6 Å². The van der Waals surface area contributed by atoms with Gasteiger partial charge in [-0.15, -0.1) is 0 Å². The van der Waals surface area contributed by atoms with Crippen molar-refractivity contribution in [3.63, 3.8) is 0 Å². The Labute approximate surface area is 107 Å². The minimum Gasteiger partial charge on any atom is -0.480 e. The largest absolute Gasteiger partial charge is 0.480 e. The highest BCUT2D eigenvalue weighted by atomic mass is 19.1. The lowest BCUT2D eigenvalue weighted by Crippen LogP contribution is -2.39. The zero-order valence-corrected chi connectivity index (χ0v) is 11.1. The molecule has 1 aromatic carbocycles. The topological polar surface area (TPSA) is 40.5 Å². The minimum absolute atomic E-state index is 0.0469. The Morgan fingerprint density at radius 2 is 2.00 bits per heavy atom. The van der Waals surface area contributed by atoms with Gasteiger partial charge in [0.25, 0.3) is 0 Å². The molecule has 18 heavy (non-hydrogen) atoms. The summed E-state index contributed by atoms with van der Waals surface area (Å²) >= 11 is 0. The fourth-order valence-corrected chi connectivity index (χ4v) is 2.19. The normalized spacial score (nSPS) is 13.0. The van der Waals surface area contributed by atoms with Crippen LogP contribution in [0.4, 0.5) is 4.39 Å². The van der Waals surface area contributed by atoms with Crippen molar-refractivity contribution in [2.45, 2.75) is 39.3 Å². The second-order valence-corrected chi connectivity index (χ2v) is 4.61. The van der Waals surface area contributed by atoms with Gasteiger partial charge in [-0.05, 0) is 26.3 Å². The Morgan fingerprint density at radius 1 is 1.39 bits per heavy atom. The molecule has 0 saturated carbocycles. The number of aliphatic carboxylic acids is 1. The van der Waals surface area contributed by atoms with Crippen LogP contribution in [-0.2, 0) is 4.79 Å². The molecule has 1 N–H and O–H groups in total. The molecule has 0 heterocycles. The van der Waals surface area contributed by atoms with Gasteiger partial charge in [0.2, 0.25) is 0 Å². The minimum atomic E-state index is -0.890. The van der Waals surface area contributed by atoms with E-state index in [4.69, 9.17) is 5.11 Å². The first-order chi connectivity index (χ1) is 8.47. The van der Waals surface area contributed by atoms with Crippen LogP contribution in [0.15, 0.2) is 24.3 Å². The average molecular weight is 253 g/mol. The smallest absolute Gasteiger partial charge is 0.317 e. The molecule has 0 aromatic heterocycles. The van der Waals surface area contributed by atoms with E-state index in [0.29, 0.717) is 12.0 Å². The number of hydrogen-bond acceptors (Lipinski definition) is 2. The highest BCUT2D eigenvalue weighted by Crippen LogP contribution is 2.27. The van der Waals surface area contributed by atoms with Crippen LogP contribution >= 0.6 is 0 Å². The second-order valence-electron chi connectivity index (χ2n) is 4.61. The average Bonchev–Trinajstić information content (AvgIpc) is 2.30. The molecule has 0 aliphatic carbocycles. The molecule has 1 aromatic rings. The number of carboxylic acid groups (broad SMARTS) is 1. The van der Waals surface area contributed by atoms with Crippen molar-refractivity contribution in [2.24, 2.45) is 0 Å². The first-order valence-corrected chi connectivity index (χ1v) is 6.19. The van der Waals surface area contributed by atoms with Gasteiger partial charge in [-0.3, -0.25) is 9.69 Å². The van der Waals surface area contributed by atoms with Gasteiger partial charge >= 0.3 is 5.97 Å². The molecule has 1 atom stereocenters. The molecule has 1 unspecified atom stereocenters. The summed E-state index contributed by atoms with van der Waals surface area (Å²) in [6, 6.07) is 6.40. The van der Waals surface area contributed by atoms with Crippen LogP contribution in [0, 0.1) is 5.82 Å². The third kappa shape index (κ3) is 3.53. The van der Waals surface area contributed by atoms with E-state index >= 15 is 0 Å². The Balaban J connectivity index is 3.06. The Hall–Kier alpha value is -1.42. The predicted molar refractivity (Wildman–Crippen MR) is 68.9 cm³/mol. The van der Waals surface area contributed by atoms with Crippen LogP contribution in [0.25, 0.3) is 0 Å². The van der Waals surface area contributed by atoms with Gasteiger partial charge in [0.15, 0.2) is 0 Å². The molecule has 1 rings (SSSR count). The van der Waals surface area contributed by atoms with Gasteiger partial charge in [-0.2, -0.15) is 0 Å². The second kappa shape index (κ2) is 6.50. The molecule has 4 heteroatoms. The Kier molecular flexibility index (Phi) is 5.28. The van der Waals surface area contributed by atoms with Crippen LogP contribution in [-0.4, -0.2) is 28.6 Å². The predicted octanol–water partition coefficient (Wildman–Crippen LogP) is 3.07. The molecule has 0 radical (unpaired) electrons. The van der Waals surface area contributed by atoms with Crippen LogP contribution in [0.3, 0.4) is 0 Å². The van der Waals surface area contributed by atoms with Crippen molar-refractivity contribution in [1.82, 2.24) is 4.90 Å². The number of carboxylic acids is 1. The van der Waals surface area contributed by atoms with Crippen molar-refractivity contribution in [3.8, 4) is 0 Å². The molecule has 0 spiro atoms. The summed E-state index contributed by atoms with van der Waals surface area (Å²) in [6.07, 6.45) is 0.673. The lowest BCUT2D eigenvalue weighted by Gasteiger charge is -2.33. The van der Waals surface area contributed by atoms with E-state index in [0.717, 1.165) is 0 Å². The summed E-state index contributed by atoms with van der Waals surface area (Å²) in [6.45, 7) is 5.71. The van der Waals surface area contributed by atoms with Crippen molar-refractivity contribution >= 4 is 5.97 Å². The van der Waals surface area contributed by atoms with Crippen LogP contribution in [0.5, 0.6) is 0 Å². The number of rotatable bonds is 6. The molecule has 0 saturated heterocycles. The standard InChI is InChI=1S/C14H20FNO2/c1-4-13(11-7-5-6-8-12(11)15)16(10(2)3)9-14(17)18/h5-8,10,13H,4,9H2,1-3H3,(H,17,18). The number of hydrogen-bond donors (Lipinski definition) is 1. The van der Waals surface area contributed by atoms with Gasteiger partial charge < -0.3 is 5.11 Å². The lowest BCUT2D eigenvalue weighted by atomic mass is 10.0. The van der Waals surface area contributed by atoms with Gasteiger partial charge in [0.05, 0.1) is 6.54 Å². The molecule has 3 nitrogen and oxygen atoms in total. The quantitative estimate of drug-likeness (QED) is 0.847. The summed E-state index contributed by atoms with van der Waals surface area (Å²) in [7, 11) is 0. The summed E-state index contributed by atoms with van der Waals surface area (Å²) in [5.41, 5.74) is 0.565. The maximum Gasteiger partial charge on any atom is 0.317 e. The lowest BCUT2D eigenvalue weighted by molar-refractivity contribution is -0.139. The van der Waals surface area contributed by atoms with E-state index in [1.54, 1.807) is 23.1 Å². The fourth-order valence-electron chi connectivity index (χ4n) is 2.19. The van der Waals surface area contributed by atoms with Crippen molar-refractivity contribution in [1.29, 1.82) is 0 Å². The van der Waals surface area contributed by atoms with Crippen molar-refractivity contribution < 1.29 is 14.3 Å². The number of halogens is 1. The zero-order valence-electron chi connectivity index (χ0n) is 11.1. The summed E-state index contributed by atoms with van der Waals surface area (Å²) in [5.74, 6) is -1.17. The van der Waals surface area contributed by atoms with E-state index in [1.807, 2.05) is 20.8 Å². The van der Waals surface area contributed by atoms with E-state index in [-0.39, 0.29) is 24.4 Å². The van der Waals surface area contributed by atoms with E-state index in [2.05, 4.69) is 0 Å². The first kappa shape index (κ1) is 14.6. The monoisotopic (exact) mass is 253 g/mol. The molecular formula is C14H20FNO2. The van der Waals surface area contributed by atoms with Gasteiger partial charge in [0.1, 0.15) is 5.82 Å². The molecule has 0 fully saturated rings. The van der Waals surface area contributed by atoms with Gasteiger partial charge in [0, 0.05) is 17.6 Å². The number of benzene rings is 1. The molecule has 0 amide bonds. The Bertz CT molecular complexity index is 407. The summed E-state index contributed by atoms with van der Waals surface area (Å²) < 4.78 is 13.8. The van der Waals surface area contributed by atoms with Gasteiger partial charge in [-0.25, -0.2) is 4.39 Å². The number of nitrogens with zero attached hydrogens (tertiary/aromatic N) is 1. The molecular weight excluding hydrogens is 233 g/mol. The fraction of sp³-hybridized carbons (Fsp3) is 0.500. The van der Waals surface area contributed by atoms with E-state index in [1.165, 1.54) is 6.07 Å². The zero-order chi connectivity index (χ0) is 13.7. The highest BCUT2D eigenvalue weighted by molar-refractivity contribution is 5.69. The molecule has 0 aliphatic heterocycles. The van der Waals surface area contributed by atoms with Crippen molar-refractivity contribution in [2.75, 3.05) is 6.54 Å². The van der Waals surface area contributed by atoms with Gasteiger partial charge in [-0.1, -0.05) is 25.1 Å². The van der Waals surface area contributed by atoms with E-state index < -0.39 is 5.97 Å². The molecule has 0 aliphatic rings. The maximum absolute atomic E-state index is 13.8. The molecule has 0 bridgehead atoms. The third-order valence-corrected chi connectivity index (χ3v) is 3.03. The highest BCUT2D eigenvalue weighted by Gasteiger charge is 2.25. The summed E-state index contributed by atoms with van der Waals surface area (Å²) in [5, 5.41) is 8.96. The van der Waals surface area contributed by atoms with Crippen LogP contribution < -0.4 is 0 Å². The first-order valence-electron chi connectivity index (χ1n) is 6.19. The molecule has 100 valence electrons.